The van der Waals surface area contributed by atoms with Crippen LogP contribution in [0.5, 0.6) is 0 Å². The van der Waals surface area contributed by atoms with Crippen LogP contribution in [0.15, 0.2) is 24.3 Å². The molecule has 0 aliphatic carbocycles. The van der Waals surface area contributed by atoms with E-state index < -0.39 is 10.4 Å². The first kappa shape index (κ1) is 19.4. The number of rotatable bonds is 0. The summed E-state index contributed by atoms with van der Waals surface area (Å²) in [5.74, 6) is 0. The molecule has 1 rings (SSSR count). The van der Waals surface area contributed by atoms with E-state index in [1.807, 2.05) is 31.2 Å². The fraction of sp³-hybridized carbons (Fsp3) is 0.143. The van der Waals surface area contributed by atoms with E-state index in [2.05, 4.69) is 0 Å². The van der Waals surface area contributed by atoms with Crippen molar-refractivity contribution in [2.75, 3.05) is 5.73 Å². The van der Waals surface area contributed by atoms with Crippen LogP contribution in [0, 0.1) is 6.92 Å². The Balaban J connectivity index is -0.000000185. The lowest BCUT2D eigenvalue weighted by molar-refractivity contribution is 0.381. The topological polar surface area (TPSA) is 171 Å². The molecule has 0 saturated carbocycles. The van der Waals surface area contributed by atoms with Gasteiger partial charge in [-0.1, -0.05) is 12.1 Å². The van der Waals surface area contributed by atoms with Crippen LogP contribution in [0.2, 0.25) is 0 Å². The van der Waals surface area contributed by atoms with E-state index in [-0.39, 0.29) is 12.3 Å². The van der Waals surface area contributed by atoms with Gasteiger partial charge in [0.05, 0.1) is 0 Å². The fourth-order valence-electron chi connectivity index (χ4n) is 0.670. The van der Waals surface area contributed by atoms with Crippen LogP contribution < -0.4 is 18.0 Å². The first-order valence-corrected chi connectivity index (χ1v) is 4.71. The van der Waals surface area contributed by atoms with Crippen LogP contribution in [0.1, 0.15) is 5.56 Å². The molecule has 0 atom stereocenters. The van der Waals surface area contributed by atoms with Gasteiger partial charge in [0.2, 0.25) is 0 Å². The largest absolute Gasteiger partial charge is 0.399 e. The number of hydrogen-bond donors (Lipinski definition) is 5. The zero-order chi connectivity index (χ0) is 10.5. The Morgan fingerprint density at radius 3 is 1.80 bits per heavy atom. The molecule has 90 valence electrons. The smallest absolute Gasteiger partial charge is 0.394 e. The van der Waals surface area contributed by atoms with Crippen LogP contribution in [0.4, 0.5) is 5.69 Å². The maximum Gasteiger partial charge on any atom is 0.394 e. The van der Waals surface area contributed by atoms with Gasteiger partial charge in [0.25, 0.3) is 0 Å². The molecule has 0 bridgehead atoms. The molecule has 0 aliphatic heterocycles. The zero-order valence-corrected chi connectivity index (χ0v) is 9.24. The number of aryl methyl sites for hydroxylation is 1. The van der Waals surface area contributed by atoms with Gasteiger partial charge in [0, 0.05) is 5.69 Å². The highest BCUT2D eigenvalue weighted by molar-refractivity contribution is 7.79. The third-order valence-electron chi connectivity index (χ3n) is 1.04. The molecule has 7 nitrogen and oxygen atoms in total. The molecule has 0 aromatic heterocycles. The number of benzene rings is 1. The monoisotopic (exact) mass is 239 g/mol. The Labute approximate surface area is 89.0 Å². The van der Waals surface area contributed by atoms with Crippen molar-refractivity contribution in [3.05, 3.63) is 29.8 Å². The summed E-state index contributed by atoms with van der Waals surface area (Å²) in [6.45, 7) is 2.02. The molecular formula is C7H17N3O4S. The van der Waals surface area contributed by atoms with Crippen molar-refractivity contribution in [3.63, 3.8) is 0 Å². The Morgan fingerprint density at radius 2 is 1.60 bits per heavy atom. The van der Waals surface area contributed by atoms with E-state index in [1.54, 1.807) is 0 Å². The average molecular weight is 239 g/mol. The summed E-state index contributed by atoms with van der Waals surface area (Å²) in [6.07, 6.45) is 0. The van der Waals surface area contributed by atoms with E-state index in [0.717, 1.165) is 5.69 Å². The molecule has 0 heterocycles. The summed E-state index contributed by atoms with van der Waals surface area (Å²) in [7, 11) is -4.67. The van der Waals surface area contributed by atoms with E-state index in [1.165, 1.54) is 5.56 Å². The lowest BCUT2D eigenvalue weighted by Crippen LogP contribution is -1.89. The highest BCUT2D eigenvalue weighted by Gasteiger charge is 1.84. The maximum atomic E-state index is 8.74. The van der Waals surface area contributed by atoms with Gasteiger partial charge in [0.1, 0.15) is 0 Å². The minimum atomic E-state index is -4.67. The molecule has 0 amide bonds. The third-order valence-corrected chi connectivity index (χ3v) is 1.04. The Morgan fingerprint density at radius 1 is 1.20 bits per heavy atom. The van der Waals surface area contributed by atoms with Crippen molar-refractivity contribution in [1.82, 2.24) is 12.3 Å². The Hall–Kier alpha value is -1.19. The minimum absolute atomic E-state index is 0. The van der Waals surface area contributed by atoms with Gasteiger partial charge in [-0.2, -0.15) is 8.42 Å². The molecule has 8 heteroatoms. The van der Waals surface area contributed by atoms with Crippen molar-refractivity contribution in [2.24, 2.45) is 0 Å². The summed E-state index contributed by atoms with van der Waals surface area (Å²) in [6, 6.07) is 7.80. The fourth-order valence-corrected chi connectivity index (χ4v) is 0.670. The second kappa shape index (κ2) is 8.15. The van der Waals surface area contributed by atoms with E-state index in [4.69, 9.17) is 23.3 Å². The highest BCUT2D eigenvalue weighted by atomic mass is 32.3. The molecule has 0 fully saturated rings. The number of nitrogens with two attached hydrogens (primary N) is 1. The maximum absolute atomic E-state index is 8.74. The van der Waals surface area contributed by atoms with Gasteiger partial charge >= 0.3 is 10.4 Å². The molecule has 0 aliphatic rings. The highest BCUT2D eigenvalue weighted by Crippen LogP contribution is 2.03. The van der Waals surface area contributed by atoms with E-state index in [0.29, 0.717) is 0 Å². The molecule has 0 radical (unpaired) electrons. The Bertz CT molecular complexity index is 341. The first-order valence-electron chi connectivity index (χ1n) is 3.31. The SMILES string of the molecule is Cc1cccc(N)c1.N.N.O=S(=O)(O)O. The van der Waals surface area contributed by atoms with Gasteiger partial charge in [-0.05, 0) is 24.6 Å². The summed E-state index contributed by atoms with van der Waals surface area (Å²) in [5, 5.41) is 0. The van der Waals surface area contributed by atoms with Crippen molar-refractivity contribution in [2.45, 2.75) is 6.92 Å². The van der Waals surface area contributed by atoms with E-state index in [9.17, 15) is 0 Å². The molecule has 1 aromatic carbocycles. The zero-order valence-electron chi connectivity index (χ0n) is 8.42. The molecule has 0 saturated heterocycles. The number of hydrogen-bond acceptors (Lipinski definition) is 5. The van der Waals surface area contributed by atoms with Crippen LogP contribution >= 0.6 is 0 Å². The molecule has 0 spiro atoms. The van der Waals surface area contributed by atoms with Crippen molar-refractivity contribution in [3.8, 4) is 0 Å². The van der Waals surface area contributed by atoms with Crippen molar-refractivity contribution < 1.29 is 17.5 Å². The number of anilines is 1. The quantitative estimate of drug-likeness (QED) is 0.334. The van der Waals surface area contributed by atoms with Gasteiger partial charge < -0.3 is 18.0 Å². The first-order chi connectivity index (χ1) is 5.79. The molecule has 0 unspecified atom stereocenters. The summed E-state index contributed by atoms with van der Waals surface area (Å²) >= 11 is 0. The summed E-state index contributed by atoms with van der Waals surface area (Å²) < 4.78 is 31.6. The van der Waals surface area contributed by atoms with Crippen molar-refractivity contribution >= 4 is 16.1 Å². The molecule has 1 aromatic rings. The second-order valence-corrected chi connectivity index (χ2v) is 3.26. The normalized spacial score (nSPS) is 8.73. The van der Waals surface area contributed by atoms with Gasteiger partial charge in [-0.15, -0.1) is 0 Å². The van der Waals surface area contributed by atoms with Gasteiger partial charge in [-0.25, -0.2) is 0 Å². The predicted octanol–water partition coefficient (Wildman–Crippen LogP) is 1.25. The lowest BCUT2D eigenvalue weighted by Gasteiger charge is -1.91. The second-order valence-electron chi connectivity index (χ2n) is 2.36. The minimum Gasteiger partial charge on any atom is -0.399 e. The molecular weight excluding hydrogens is 222 g/mol. The van der Waals surface area contributed by atoms with Crippen molar-refractivity contribution in [1.29, 1.82) is 0 Å². The van der Waals surface area contributed by atoms with Crippen LogP contribution in [-0.4, -0.2) is 17.5 Å². The molecule has 10 N–H and O–H groups in total. The van der Waals surface area contributed by atoms with Crippen LogP contribution in [0.3, 0.4) is 0 Å². The standard InChI is InChI=1S/C7H9N.2H3N.H2O4S/c1-6-3-2-4-7(8)5-6;;;1-5(2,3)4/h2-5H,8H2,1H3;2*1H3;(H2,1,2,3,4). The lowest BCUT2D eigenvalue weighted by atomic mass is 10.2. The van der Waals surface area contributed by atoms with E-state index >= 15 is 0 Å². The summed E-state index contributed by atoms with van der Waals surface area (Å²) in [5.41, 5.74) is 7.51. The molecule has 15 heavy (non-hydrogen) atoms. The predicted molar refractivity (Wildman–Crippen MR) is 59.8 cm³/mol. The van der Waals surface area contributed by atoms with Gasteiger partial charge in [-0.3, -0.25) is 9.11 Å². The van der Waals surface area contributed by atoms with Gasteiger partial charge in [0.15, 0.2) is 0 Å². The summed E-state index contributed by atoms with van der Waals surface area (Å²) in [4.78, 5) is 0. The van der Waals surface area contributed by atoms with Crippen LogP contribution in [0.25, 0.3) is 0 Å². The number of nitrogen functional groups attached to an aromatic ring is 1. The van der Waals surface area contributed by atoms with Crippen LogP contribution in [-0.2, 0) is 10.4 Å². The third kappa shape index (κ3) is 19.3. The Kier molecular flexibility index (Phi) is 10.5. The average Bonchev–Trinajstić information content (AvgIpc) is 1.81.